The number of benzene rings is 1. The molecular formula is C20H23ClF2N6. The molecule has 0 aliphatic carbocycles. The molecule has 3 aromatic rings. The lowest BCUT2D eigenvalue weighted by Crippen LogP contribution is -2.27. The van der Waals surface area contributed by atoms with E-state index in [2.05, 4.69) is 20.2 Å². The Balaban J connectivity index is 1.68. The summed E-state index contributed by atoms with van der Waals surface area (Å²) in [4.78, 5) is 12.3. The van der Waals surface area contributed by atoms with Gasteiger partial charge < -0.3 is 4.90 Å². The molecule has 1 fully saturated rings. The van der Waals surface area contributed by atoms with Gasteiger partial charge in [0, 0.05) is 23.4 Å². The zero-order chi connectivity index (χ0) is 20.8. The second-order valence-corrected chi connectivity index (χ2v) is 8.93. The van der Waals surface area contributed by atoms with Crippen molar-refractivity contribution in [3.05, 3.63) is 40.7 Å². The van der Waals surface area contributed by atoms with Crippen molar-refractivity contribution in [3.63, 3.8) is 0 Å². The van der Waals surface area contributed by atoms with E-state index in [0.717, 1.165) is 12.0 Å². The van der Waals surface area contributed by atoms with Crippen molar-refractivity contribution >= 4 is 28.6 Å². The predicted octanol–water partition coefficient (Wildman–Crippen LogP) is 4.26. The van der Waals surface area contributed by atoms with Crippen molar-refractivity contribution in [2.24, 2.45) is 0 Å². The van der Waals surface area contributed by atoms with E-state index in [9.17, 15) is 8.78 Å². The standard InChI is InChI=1S/C20H23ClF2N6/c1-19(2,3)18-24-16-15(17(25-18)28-11-9-20(22,23)12-28)26-29(27-16)10-8-13-4-6-14(21)7-5-13/h4-7H,8-12H2,1-3H3. The molecule has 29 heavy (non-hydrogen) atoms. The largest absolute Gasteiger partial charge is 0.348 e. The summed E-state index contributed by atoms with van der Waals surface area (Å²) in [6.45, 7) is 6.38. The lowest BCUT2D eigenvalue weighted by atomic mass is 9.96. The Labute approximate surface area is 172 Å². The van der Waals surface area contributed by atoms with Crippen LogP contribution in [0, 0.1) is 0 Å². The molecule has 1 aromatic carbocycles. The van der Waals surface area contributed by atoms with E-state index in [-0.39, 0.29) is 24.9 Å². The van der Waals surface area contributed by atoms with Crippen molar-refractivity contribution in [1.29, 1.82) is 0 Å². The van der Waals surface area contributed by atoms with Crippen molar-refractivity contribution in [2.45, 2.75) is 51.5 Å². The number of aryl methyl sites for hydroxylation is 2. The van der Waals surface area contributed by atoms with Crippen LogP contribution >= 0.6 is 11.6 Å². The third kappa shape index (κ3) is 4.32. The molecule has 0 bridgehead atoms. The smallest absolute Gasteiger partial charge is 0.266 e. The first-order chi connectivity index (χ1) is 13.6. The third-order valence-corrected chi connectivity index (χ3v) is 5.18. The highest BCUT2D eigenvalue weighted by atomic mass is 35.5. The zero-order valence-corrected chi connectivity index (χ0v) is 17.4. The molecule has 0 atom stereocenters. The van der Waals surface area contributed by atoms with Crippen LogP contribution in [0.4, 0.5) is 14.6 Å². The highest BCUT2D eigenvalue weighted by molar-refractivity contribution is 6.30. The van der Waals surface area contributed by atoms with Crippen LogP contribution < -0.4 is 4.90 Å². The molecule has 0 unspecified atom stereocenters. The minimum atomic E-state index is -2.72. The molecule has 3 heterocycles. The van der Waals surface area contributed by atoms with Gasteiger partial charge in [0.25, 0.3) is 5.92 Å². The lowest BCUT2D eigenvalue weighted by Gasteiger charge is -2.21. The fourth-order valence-electron chi connectivity index (χ4n) is 3.29. The van der Waals surface area contributed by atoms with Crippen LogP contribution in [0.2, 0.25) is 5.02 Å². The lowest BCUT2D eigenvalue weighted by molar-refractivity contribution is 0.0257. The van der Waals surface area contributed by atoms with Gasteiger partial charge in [-0.15, -0.1) is 10.2 Å². The van der Waals surface area contributed by atoms with Gasteiger partial charge >= 0.3 is 0 Å². The molecule has 0 saturated carbocycles. The van der Waals surface area contributed by atoms with Gasteiger partial charge in [0.2, 0.25) is 5.65 Å². The molecule has 154 valence electrons. The Hall–Kier alpha value is -2.35. The normalized spacial score (nSPS) is 16.7. The number of aromatic nitrogens is 5. The summed E-state index contributed by atoms with van der Waals surface area (Å²) in [6.07, 6.45) is 0.531. The monoisotopic (exact) mass is 420 g/mol. The number of hydrogen-bond donors (Lipinski definition) is 0. The molecule has 1 saturated heterocycles. The SMILES string of the molecule is CC(C)(C)c1nc(N2CCC(F)(F)C2)c2nn(CCc3ccc(Cl)cc3)nc2n1. The number of alkyl halides is 2. The molecule has 0 amide bonds. The molecule has 0 radical (unpaired) electrons. The topological polar surface area (TPSA) is 59.7 Å². The highest BCUT2D eigenvalue weighted by Crippen LogP contribution is 2.33. The fourth-order valence-corrected chi connectivity index (χ4v) is 3.42. The van der Waals surface area contributed by atoms with Crippen LogP contribution in [0.1, 0.15) is 38.6 Å². The van der Waals surface area contributed by atoms with E-state index < -0.39 is 5.92 Å². The van der Waals surface area contributed by atoms with Crippen LogP contribution in [0.15, 0.2) is 24.3 Å². The average molecular weight is 421 g/mol. The summed E-state index contributed by atoms with van der Waals surface area (Å²) in [7, 11) is 0. The van der Waals surface area contributed by atoms with Crippen molar-refractivity contribution in [3.8, 4) is 0 Å². The maximum Gasteiger partial charge on any atom is 0.266 e. The Morgan fingerprint density at radius 3 is 2.45 bits per heavy atom. The predicted molar refractivity (Wildman–Crippen MR) is 109 cm³/mol. The Morgan fingerprint density at radius 1 is 1.10 bits per heavy atom. The summed E-state index contributed by atoms with van der Waals surface area (Å²) in [5.74, 6) is -1.71. The van der Waals surface area contributed by atoms with Crippen molar-refractivity contribution in [1.82, 2.24) is 25.0 Å². The van der Waals surface area contributed by atoms with Gasteiger partial charge in [-0.05, 0) is 24.1 Å². The van der Waals surface area contributed by atoms with Crippen LogP contribution in [-0.2, 0) is 18.4 Å². The first-order valence-electron chi connectivity index (χ1n) is 9.61. The van der Waals surface area contributed by atoms with Gasteiger partial charge in [-0.1, -0.05) is 44.5 Å². The molecule has 6 nitrogen and oxygen atoms in total. The maximum absolute atomic E-state index is 13.8. The molecule has 0 spiro atoms. The molecule has 0 N–H and O–H groups in total. The van der Waals surface area contributed by atoms with E-state index in [1.54, 1.807) is 9.70 Å². The van der Waals surface area contributed by atoms with E-state index in [0.29, 0.717) is 34.4 Å². The van der Waals surface area contributed by atoms with E-state index in [4.69, 9.17) is 11.6 Å². The second-order valence-electron chi connectivity index (χ2n) is 8.49. The van der Waals surface area contributed by atoms with Gasteiger partial charge in [-0.2, -0.15) is 4.80 Å². The molecule has 4 rings (SSSR count). The van der Waals surface area contributed by atoms with Gasteiger partial charge in [0.05, 0.1) is 13.1 Å². The van der Waals surface area contributed by atoms with Crippen LogP contribution in [0.3, 0.4) is 0 Å². The van der Waals surface area contributed by atoms with Crippen LogP contribution in [-0.4, -0.2) is 44.0 Å². The van der Waals surface area contributed by atoms with Gasteiger partial charge in [-0.3, -0.25) is 0 Å². The van der Waals surface area contributed by atoms with Gasteiger partial charge in [-0.25, -0.2) is 18.7 Å². The number of hydrogen-bond acceptors (Lipinski definition) is 5. The molecular weight excluding hydrogens is 398 g/mol. The zero-order valence-electron chi connectivity index (χ0n) is 16.7. The number of rotatable bonds is 4. The number of fused-ring (bicyclic) bond motifs is 1. The number of nitrogens with zero attached hydrogens (tertiary/aromatic N) is 6. The summed E-state index contributed by atoms with van der Waals surface area (Å²) in [6, 6.07) is 7.61. The third-order valence-electron chi connectivity index (χ3n) is 4.93. The number of anilines is 1. The minimum absolute atomic E-state index is 0.186. The quantitative estimate of drug-likeness (QED) is 0.631. The minimum Gasteiger partial charge on any atom is -0.348 e. The summed E-state index contributed by atoms with van der Waals surface area (Å²) >= 11 is 5.93. The summed E-state index contributed by atoms with van der Waals surface area (Å²) < 4.78 is 27.6. The van der Waals surface area contributed by atoms with E-state index in [1.165, 1.54) is 0 Å². The van der Waals surface area contributed by atoms with Gasteiger partial charge in [0.15, 0.2) is 11.3 Å². The summed E-state index contributed by atoms with van der Waals surface area (Å²) in [5, 5.41) is 9.72. The highest BCUT2D eigenvalue weighted by Gasteiger charge is 2.40. The Kier molecular flexibility index (Phi) is 4.93. The van der Waals surface area contributed by atoms with Crippen molar-refractivity contribution < 1.29 is 8.78 Å². The molecule has 2 aromatic heterocycles. The molecule has 9 heteroatoms. The summed E-state index contributed by atoms with van der Waals surface area (Å²) in [5.41, 5.74) is 1.67. The van der Waals surface area contributed by atoms with Crippen molar-refractivity contribution in [2.75, 3.05) is 18.0 Å². The van der Waals surface area contributed by atoms with E-state index in [1.807, 2.05) is 45.0 Å². The van der Waals surface area contributed by atoms with E-state index >= 15 is 0 Å². The fraction of sp³-hybridized carbons (Fsp3) is 0.500. The maximum atomic E-state index is 13.8. The number of halogens is 3. The molecule has 1 aliphatic heterocycles. The van der Waals surface area contributed by atoms with Crippen LogP contribution in [0.25, 0.3) is 11.2 Å². The Morgan fingerprint density at radius 2 is 1.83 bits per heavy atom. The second kappa shape index (κ2) is 7.16. The average Bonchev–Trinajstić information content (AvgIpc) is 3.22. The first-order valence-corrected chi connectivity index (χ1v) is 9.99. The van der Waals surface area contributed by atoms with Gasteiger partial charge in [0.1, 0.15) is 5.82 Å². The first kappa shape index (κ1) is 19.9. The molecule has 1 aliphatic rings. The Bertz CT molecular complexity index is 1030. The van der Waals surface area contributed by atoms with Crippen LogP contribution in [0.5, 0.6) is 0 Å².